The van der Waals surface area contributed by atoms with Crippen LogP contribution in [0.25, 0.3) is 11.1 Å². The van der Waals surface area contributed by atoms with E-state index < -0.39 is 22.4 Å². The zero-order valence-corrected chi connectivity index (χ0v) is 16.2. The van der Waals surface area contributed by atoms with Crippen LogP contribution in [0.5, 0.6) is 0 Å². The van der Waals surface area contributed by atoms with Gasteiger partial charge in [-0.15, -0.1) is 0 Å². The number of nitrogens with one attached hydrogen (secondary N) is 1. The summed E-state index contributed by atoms with van der Waals surface area (Å²) in [6, 6.07) is 22.8. The second-order valence-electron chi connectivity index (χ2n) is 7.31. The quantitative estimate of drug-likeness (QED) is 0.393. The Morgan fingerprint density at radius 1 is 0.900 bits per heavy atom. The van der Waals surface area contributed by atoms with Gasteiger partial charge in [0.25, 0.3) is 11.6 Å². The lowest BCUT2D eigenvalue weighted by Crippen LogP contribution is -2.40. The van der Waals surface area contributed by atoms with Crippen molar-refractivity contribution in [2.45, 2.75) is 19.0 Å². The molecular formula is C23H19N3O4. The summed E-state index contributed by atoms with van der Waals surface area (Å²) in [5.74, 6) is -0.395. The molecule has 0 aliphatic carbocycles. The Hall–Kier alpha value is -4.00. The molecule has 0 radical (unpaired) electrons. The van der Waals surface area contributed by atoms with Crippen LogP contribution in [-0.4, -0.2) is 21.8 Å². The molecule has 3 amide bonds. The monoisotopic (exact) mass is 401 g/mol. The van der Waals surface area contributed by atoms with Crippen molar-refractivity contribution in [3.05, 3.63) is 100 Å². The van der Waals surface area contributed by atoms with Crippen LogP contribution >= 0.6 is 0 Å². The molecule has 1 saturated heterocycles. The van der Waals surface area contributed by atoms with Crippen molar-refractivity contribution in [3.8, 4) is 11.1 Å². The first-order valence-corrected chi connectivity index (χ1v) is 9.42. The molecule has 0 saturated carbocycles. The maximum atomic E-state index is 13.1. The molecule has 7 heteroatoms. The van der Waals surface area contributed by atoms with Gasteiger partial charge in [0.1, 0.15) is 5.54 Å². The Kier molecular flexibility index (Phi) is 4.79. The summed E-state index contributed by atoms with van der Waals surface area (Å²) >= 11 is 0. The molecular weight excluding hydrogens is 382 g/mol. The number of rotatable bonds is 5. The maximum Gasteiger partial charge on any atom is 0.325 e. The van der Waals surface area contributed by atoms with Crippen LogP contribution in [-0.2, 0) is 16.9 Å². The second kappa shape index (κ2) is 7.44. The Labute approximate surface area is 173 Å². The number of nitro groups is 1. The zero-order valence-electron chi connectivity index (χ0n) is 16.2. The van der Waals surface area contributed by atoms with Crippen molar-refractivity contribution < 1.29 is 14.5 Å². The maximum absolute atomic E-state index is 13.1. The minimum absolute atomic E-state index is 0.0746. The number of benzene rings is 3. The van der Waals surface area contributed by atoms with E-state index in [1.165, 1.54) is 29.2 Å². The van der Waals surface area contributed by atoms with E-state index in [0.717, 1.165) is 16.7 Å². The SMILES string of the molecule is C[C@]1(c2ccc([N+](=O)[O-])cc2)NC(=O)N(Cc2ccc(-c3ccccc3)cc2)C1=O. The fourth-order valence-corrected chi connectivity index (χ4v) is 3.57. The summed E-state index contributed by atoms with van der Waals surface area (Å²) < 4.78 is 0. The second-order valence-corrected chi connectivity index (χ2v) is 7.31. The number of hydrogen-bond acceptors (Lipinski definition) is 4. The van der Waals surface area contributed by atoms with E-state index in [0.29, 0.717) is 5.56 Å². The summed E-state index contributed by atoms with van der Waals surface area (Å²) in [5, 5.41) is 13.6. The van der Waals surface area contributed by atoms with Crippen LogP contribution in [0, 0.1) is 10.1 Å². The molecule has 3 aromatic carbocycles. The third kappa shape index (κ3) is 3.41. The highest BCUT2D eigenvalue weighted by atomic mass is 16.6. The molecule has 3 aromatic rings. The number of carbonyl (C=O) groups is 2. The topological polar surface area (TPSA) is 92.6 Å². The van der Waals surface area contributed by atoms with Crippen LogP contribution in [0.4, 0.5) is 10.5 Å². The fourth-order valence-electron chi connectivity index (χ4n) is 3.57. The molecule has 1 aliphatic heterocycles. The van der Waals surface area contributed by atoms with Gasteiger partial charge in [0.15, 0.2) is 0 Å². The summed E-state index contributed by atoms with van der Waals surface area (Å²) in [7, 11) is 0. The first-order chi connectivity index (χ1) is 14.4. The van der Waals surface area contributed by atoms with E-state index in [1.54, 1.807) is 6.92 Å². The largest absolute Gasteiger partial charge is 0.325 e. The number of non-ortho nitro benzene ring substituents is 1. The average molecular weight is 401 g/mol. The van der Waals surface area contributed by atoms with E-state index in [4.69, 9.17) is 0 Å². The first kappa shape index (κ1) is 19.3. The lowest BCUT2D eigenvalue weighted by atomic mass is 9.92. The van der Waals surface area contributed by atoms with E-state index in [2.05, 4.69) is 5.32 Å². The van der Waals surface area contributed by atoms with Crippen LogP contribution < -0.4 is 5.32 Å². The summed E-state index contributed by atoms with van der Waals surface area (Å²) in [6.45, 7) is 1.75. The number of hydrogen-bond donors (Lipinski definition) is 1. The molecule has 30 heavy (non-hydrogen) atoms. The molecule has 1 heterocycles. The number of nitrogens with zero attached hydrogens (tertiary/aromatic N) is 2. The number of nitro benzene ring substituents is 1. The smallest absolute Gasteiger partial charge is 0.319 e. The van der Waals surface area contributed by atoms with Crippen LogP contribution in [0.1, 0.15) is 18.1 Å². The van der Waals surface area contributed by atoms with E-state index in [9.17, 15) is 19.7 Å². The Balaban J connectivity index is 1.53. The van der Waals surface area contributed by atoms with Gasteiger partial charge < -0.3 is 5.32 Å². The molecule has 1 fully saturated rings. The fraction of sp³-hybridized carbons (Fsp3) is 0.130. The van der Waals surface area contributed by atoms with Gasteiger partial charge in [-0.25, -0.2) is 4.79 Å². The molecule has 7 nitrogen and oxygen atoms in total. The molecule has 1 N–H and O–H groups in total. The molecule has 0 bridgehead atoms. The number of carbonyl (C=O) groups excluding carboxylic acids is 2. The Morgan fingerprint density at radius 3 is 2.10 bits per heavy atom. The van der Waals surface area contributed by atoms with Crippen molar-refractivity contribution in [3.63, 3.8) is 0 Å². The molecule has 150 valence electrons. The normalized spacial score (nSPS) is 18.4. The number of imide groups is 1. The lowest BCUT2D eigenvalue weighted by Gasteiger charge is -2.22. The summed E-state index contributed by atoms with van der Waals surface area (Å²) in [5.41, 5.74) is 2.11. The van der Waals surface area contributed by atoms with Crippen molar-refractivity contribution in [1.29, 1.82) is 0 Å². The van der Waals surface area contributed by atoms with Gasteiger partial charge in [-0.3, -0.25) is 19.8 Å². The zero-order chi connectivity index (χ0) is 21.3. The predicted molar refractivity (Wildman–Crippen MR) is 111 cm³/mol. The van der Waals surface area contributed by atoms with Gasteiger partial charge in [-0.05, 0) is 41.3 Å². The van der Waals surface area contributed by atoms with Crippen molar-refractivity contribution >= 4 is 17.6 Å². The molecule has 1 aliphatic rings. The first-order valence-electron chi connectivity index (χ1n) is 9.42. The van der Waals surface area contributed by atoms with Gasteiger partial charge >= 0.3 is 6.03 Å². The lowest BCUT2D eigenvalue weighted by molar-refractivity contribution is -0.384. The van der Waals surface area contributed by atoms with E-state index in [1.807, 2.05) is 54.6 Å². The van der Waals surface area contributed by atoms with Gasteiger partial charge in [0.2, 0.25) is 0 Å². The number of urea groups is 1. The standard InChI is InChI=1S/C23H19N3O4/c1-23(19-11-13-20(14-12-19)26(29)30)21(27)25(22(28)24-23)15-16-7-9-18(10-8-16)17-5-3-2-4-6-17/h2-14H,15H2,1H3,(H,24,28)/t23-/m1/s1. The molecule has 0 aromatic heterocycles. The van der Waals surface area contributed by atoms with Gasteiger partial charge in [-0.2, -0.15) is 0 Å². The summed E-state index contributed by atoms with van der Waals surface area (Å²) in [4.78, 5) is 37.1. The van der Waals surface area contributed by atoms with Crippen molar-refractivity contribution in [1.82, 2.24) is 10.2 Å². The van der Waals surface area contributed by atoms with Crippen LogP contribution in [0.3, 0.4) is 0 Å². The molecule has 0 spiro atoms. The predicted octanol–water partition coefficient (Wildman–Crippen LogP) is 4.23. The van der Waals surface area contributed by atoms with Crippen LogP contribution in [0.2, 0.25) is 0 Å². The molecule has 1 atom stereocenters. The average Bonchev–Trinajstić information content (AvgIpc) is 2.99. The highest BCUT2D eigenvalue weighted by Crippen LogP contribution is 2.31. The van der Waals surface area contributed by atoms with Crippen LogP contribution in [0.15, 0.2) is 78.9 Å². The third-order valence-electron chi connectivity index (χ3n) is 5.33. The summed E-state index contributed by atoms with van der Waals surface area (Å²) in [6.07, 6.45) is 0. The van der Waals surface area contributed by atoms with Crippen molar-refractivity contribution in [2.75, 3.05) is 0 Å². The van der Waals surface area contributed by atoms with Gasteiger partial charge in [-0.1, -0.05) is 54.6 Å². The molecule has 4 rings (SSSR count). The third-order valence-corrected chi connectivity index (χ3v) is 5.33. The van der Waals surface area contributed by atoms with Crippen molar-refractivity contribution in [2.24, 2.45) is 0 Å². The van der Waals surface area contributed by atoms with E-state index >= 15 is 0 Å². The van der Waals surface area contributed by atoms with E-state index in [-0.39, 0.29) is 12.2 Å². The number of amides is 3. The van der Waals surface area contributed by atoms with Gasteiger partial charge in [0.05, 0.1) is 11.5 Å². The van der Waals surface area contributed by atoms with Gasteiger partial charge in [0, 0.05) is 12.1 Å². The highest BCUT2D eigenvalue weighted by molar-refractivity contribution is 6.07. The Bertz CT molecular complexity index is 1110. The minimum atomic E-state index is -1.27. The molecule has 0 unspecified atom stereocenters. The minimum Gasteiger partial charge on any atom is -0.319 e. The highest BCUT2D eigenvalue weighted by Gasteiger charge is 2.48. The Morgan fingerprint density at radius 2 is 1.50 bits per heavy atom.